The molecule has 152 valence electrons. The van der Waals surface area contributed by atoms with Gasteiger partial charge in [0.25, 0.3) is 0 Å². The molecule has 0 spiro atoms. The van der Waals surface area contributed by atoms with Crippen molar-refractivity contribution in [2.24, 2.45) is 4.99 Å². The molecule has 1 unspecified atom stereocenters. The molecule has 1 aromatic rings. The average molecular weight is 488 g/mol. The molecule has 1 aliphatic rings. The number of nitrogens with one attached hydrogen (secondary N) is 2. The Morgan fingerprint density at radius 2 is 2.19 bits per heavy atom. The van der Waals surface area contributed by atoms with E-state index in [2.05, 4.69) is 41.6 Å². The van der Waals surface area contributed by atoms with Crippen LogP contribution in [-0.2, 0) is 11.2 Å². The highest BCUT2D eigenvalue weighted by atomic mass is 127. The molecule has 1 atom stereocenters. The number of piperidine rings is 1. The van der Waals surface area contributed by atoms with Crippen LogP contribution >= 0.6 is 24.0 Å². The molecule has 0 aliphatic carbocycles. The number of benzene rings is 1. The number of hydrogen-bond acceptors (Lipinski definition) is 3. The number of aliphatic imine (C=N–C) groups is 1. The first-order valence-electron chi connectivity index (χ1n) is 9.63. The number of carbonyl (C=O) groups excluding carboxylic acids is 1. The molecule has 1 aromatic carbocycles. The predicted molar refractivity (Wildman–Crippen MR) is 121 cm³/mol. The summed E-state index contributed by atoms with van der Waals surface area (Å²) in [7, 11) is 1.85. The Morgan fingerprint density at radius 1 is 1.37 bits per heavy atom. The largest absolute Gasteiger partial charge is 0.494 e. The first-order chi connectivity index (χ1) is 12.6. The summed E-state index contributed by atoms with van der Waals surface area (Å²) in [4.78, 5) is 18.1. The van der Waals surface area contributed by atoms with Crippen molar-refractivity contribution in [3.63, 3.8) is 0 Å². The summed E-state index contributed by atoms with van der Waals surface area (Å²) in [6.45, 7) is 7.15. The van der Waals surface area contributed by atoms with Crippen LogP contribution in [-0.4, -0.2) is 56.1 Å². The van der Waals surface area contributed by atoms with Crippen LogP contribution in [0.25, 0.3) is 0 Å². The summed E-state index contributed by atoms with van der Waals surface area (Å²) in [5.41, 5.74) is 1.22. The highest BCUT2D eigenvalue weighted by Gasteiger charge is 2.23. The summed E-state index contributed by atoms with van der Waals surface area (Å²) < 4.78 is 5.69. The van der Waals surface area contributed by atoms with Crippen LogP contribution in [0.3, 0.4) is 0 Å². The molecular weight excluding hydrogens is 455 g/mol. The van der Waals surface area contributed by atoms with E-state index in [1.165, 1.54) is 5.56 Å². The molecule has 27 heavy (non-hydrogen) atoms. The predicted octanol–water partition coefficient (Wildman–Crippen LogP) is 2.81. The van der Waals surface area contributed by atoms with E-state index in [4.69, 9.17) is 4.74 Å². The SMILES string of the molecule is CCCOc1cccc(CCN=C(NCC)NC2CCC(=O)N(C)C2)c1.I. The number of likely N-dealkylation sites (tertiary alicyclic amines) is 1. The molecule has 1 aliphatic heterocycles. The number of halogens is 1. The fraction of sp³-hybridized carbons (Fsp3) is 0.600. The number of likely N-dealkylation sites (N-methyl/N-ethyl adjacent to an activating group) is 1. The van der Waals surface area contributed by atoms with E-state index in [1.807, 2.05) is 19.2 Å². The Morgan fingerprint density at radius 3 is 2.89 bits per heavy atom. The topological polar surface area (TPSA) is 66.0 Å². The van der Waals surface area contributed by atoms with Crippen molar-refractivity contribution in [2.75, 3.05) is 33.3 Å². The van der Waals surface area contributed by atoms with Gasteiger partial charge in [-0.15, -0.1) is 24.0 Å². The Labute approximate surface area is 180 Å². The van der Waals surface area contributed by atoms with E-state index in [0.29, 0.717) is 13.0 Å². The Bertz CT molecular complexity index is 609. The second-order valence-electron chi connectivity index (χ2n) is 6.66. The van der Waals surface area contributed by atoms with Crippen LogP contribution in [0.2, 0.25) is 0 Å². The molecule has 1 heterocycles. The summed E-state index contributed by atoms with van der Waals surface area (Å²) in [5.74, 6) is 1.96. The molecule has 6 nitrogen and oxygen atoms in total. The van der Waals surface area contributed by atoms with Crippen LogP contribution in [0.5, 0.6) is 5.75 Å². The normalized spacial score (nSPS) is 17.3. The minimum atomic E-state index is 0. The number of ether oxygens (including phenoxy) is 1. The van der Waals surface area contributed by atoms with Gasteiger partial charge in [0.05, 0.1) is 6.61 Å². The van der Waals surface area contributed by atoms with E-state index >= 15 is 0 Å². The maximum atomic E-state index is 11.6. The molecule has 7 heteroatoms. The average Bonchev–Trinajstić information content (AvgIpc) is 2.63. The van der Waals surface area contributed by atoms with Gasteiger partial charge in [-0.2, -0.15) is 0 Å². The van der Waals surface area contributed by atoms with Gasteiger partial charge in [-0.1, -0.05) is 19.1 Å². The number of hydrogen-bond donors (Lipinski definition) is 2. The fourth-order valence-electron chi connectivity index (χ4n) is 2.95. The zero-order chi connectivity index (χ0) is 18.8. The molecular formula is C20H33IN4O2. The van der Waals surface area contributed by atoms with Gasteiger partial charge in [-0.25, -0.2) is 0 Å². The van der Waals surface area contributed by atoms with Gasteiger partial charge < -0.3 is 20.3 Å². The van der Waals surface area contributed by atoms with Gasteiger partial charge in [0.15, 0.2) is 5.96 Å². The second kappa shape index (κ2) is 12.8. The molecule has 1 amide bonds. The number of rotatable bonds is 8. The van der Waals surface area contributed by atoms with Crippen molar-refractivity contribution in [1.29, 1.82) is 0 Å². The molecule has 0 aromatic heterocycles. The quantitative estimate of drug-likeness (QED) is 0.336. The fourth-order valence-corrected chi connectivity index (χ4v) is 2.95. The van der Waals surface area contributed by atoms with Crippen molar-refractivity contribution in [2.45, 2.75) is 45.6 Å². The van der Waals surface area contributed by atoms with Gasteiger partial charge in [-0.05, 0) is 43.9 Å². The zero-order valence-corrected chi connectivity index (χ0v) is 19.0. The Kier molecular flexibility index (Phi) is 11.2. The smallest absolute Gasteiger partial charge is 0.222 e. The number of amides is 1. The molecule has 0 bridgehead atoms. The molecule has 0 saturated carbocycles. The van der Waals surface area contributed by atoms with Gasteiger partial charge in [0, 0.05) is 39.1 Å². The minimum absolute atomic E-state index is 0. The second-order valence-corrected chi connectivity index (χ2v) is 6.66. The van der Waals surface area contributed by atoms with E-state index in [1.54, 1.807) is 4.90 Å². The summed E-state index contributed by atoms with van der Waals surface area (Å²) in [6.07, 6.45) is 3.32. The van der Waals surface area contributed by atoms with Crippen LogP contribution in [0.1, 0.15) is 38.7 Å². The lowest BCUT2D eigenvalue weighted by Crippen LogP contribution is -2.51. The maximum Gasteiger partial charge on any atom is 0.222 e. The van der Waals surface area contributed by atoms with E-state index in [0.717, 1.165) is 50.7 Å². The lowest BCUT2D eigenvalue weighted by Gasteiger charge is -2.31. The third kappa shape index (κ3) is 8.36. The van der Waals surface area contributed by atoms with Gasteiger partial charge in [0.1, 0.15) is 5.75 Å². The molecule has 1 fully saturated rings. The van der Waals surface area contributed by atoms with Crippen LogP contribution in [0.4, 0.5) is 0 Å². The Hall–Kier alpha value is -1.51. The minimum Gasteiger partial charge on any atom is -0.494 e. The number of nitrogens with zero attached hydrogens (tertiary/aromatic N) is 2. The summed E-state index contributed by atoms with van der Waals surface area (Å²) in [6, 6.07) is 8.47. The first kappa shape index (κ1) is 23.5. The Balaban J connectivity index is 0.00000364. The monoisotopic (exact) mass is 488 g/mol. The molecule has 2 rings (SSSR count). The maximum absolute atomic E-state index is 11.6. The lowest BCUT2D eigenvalue weighted by molar-refractivity contribution is -0.132. The zero-order valence-electron chi connectivity index (χ0n) is 16.7. The summed E-state index contributed by atoms with van der Waals surface area (Å²) >= 11 is 0. The lowest BCUT2D eigenvalue weighted by atomic mass is 10.1. The van der Waals surface area contributed by atoms with E-state index in [-0.39, 0.29) is 35.9 Å². The van der Waals surface area contributed by atoms with Crippen molar-refractivity contribution in [3.8, 4) is 5.75 Å². The highest BCUT2D eigenvalue weighted by Crippen LogP contribution is 2.14. The van der Waals surface area contributed by atoms with Crippen LogP contribution in [0, 0.1) is 0 Å². The summed E-state index contributed by atoms with van der Waals surface area (Å²) in [5, 5.41) is 6.75. The van der Waals surface area contributed by atoms with Crippen molar-refractivity contribution in [3.05, 3.63) is 29.8 Å². The van der Waals surface area contributed by atoms with Crippen LogP contribution in [0.15, 0.2) is 29.3 Å². The van der Waals surface area contributed by atoms with Crippen molar-refractivity contribution >= 4 is 35.8 Å². The van der Waals surface area contributed by atoms with Gasteiger partial charge in [-0.3, -0.25) is 9.79 Å². The molecule has 2 N–H and O–H groups in total. The van der Waals surface area contributed by atoms with E-state index < -0.39 is 0 Å². The van der Waals surface area contributed by atoms with Gasteiger partial charge in [0.2, 0.25) is 5.91 Å². The third-order valence-corrected chi connectivity index (χ3v) is 4.35. The standard InChI is InChI=1S/C20H32N4O2.HI/c1-4-13-26-18-8-6-7-16(14-18)11-12-22-20(21-5-2)23-17-9-10-19(25)24(3)15-17;/h6-8,14,17H,4-5,9-13,15H2,1-3H3,(H2,21,22,23);1H. The number of guanidine groups is 1. The first-order valence-corrected chi connectivity index (χ1v) is 9.63. The highest BCUT2D eigenvalue weighted by molar-refractivity contribution is 14.0. The van der Waals surface area contributed by atoms with Crippen molar-refractivity contribution in [1.82, 2.24) is 15.5 Å². The third-order valence-electron chi connectivity index (χ3n) is 4.35. The molecule has 1 saturated heterocycles. The van der Waals surface area contributed by atoms with Crippen molar-refractivity contribution < 1.29 is 9.53 Å². The van der Waals surface area contributed by atoms with Gasteiger partial charge >= 0.3 is 0 Å². The van der Waals surface area contributed by atoms with E-state index in [9.17, 15) is 4.79 Å². The molecule has 0 radical (unpaired) electrons. The number of carbonyl (C=O) groups is 1. The van der Waals surface area contributed by atoms with Crippen LogP contribution < -0.4 is 15.4 Å².